The van der Waals surface area contributed by atoms with Gasteiger partial charge in [-0.05, 0) is 29.7 Å². The van der Waals surface area contributed by atoms with Gasteiger partial charge in [-0.1, -0.05) is 42.5 Å². The van der Waals surface area contributed by atoms with E-state index in [0.717, 1.165) is 31.0 Å². The molecule has 2 aromatic carbocycles. The average molecular weight is 478 g/mol. The summed E-state index contributed by atoms with van der Waals surface area (Å²) < 4.78 is 0. The predicted octanol–water partition coefficient (Wildman–Crippen LogP) is 3.23. The van der Waals surface area contributed by atoms with Gasteiger partial charge in [0.05, 0.1) is 0 Å². The fraction of sp³-hybridized carbons (Fsp3) is 0.333. The fourth-order valence-electron chi connectivity index (χ4n) is 3.38. The lowest BCUT2D eigenvalue weighted by Gasteiger charge is -2.22. The number of carbonyl (C=O) groups is 1. The molecule has 1 amide bonds. The van der Waals surface area contributed by atoms with E-state index in [1.165, 1.54) is 5.56 Å². The Hall–Kier alpha value is -2.09. The van der Waals surface area contributed by atoms with Crippen molar-refractivity contribution in [3.05, 3.63) is 71.3 Å². The van der Waals surface area contributed by atoms with Crippen molar-refractivity contribution >= 4 is 35.8 Å². The molecule has 0 radical (unpaired) electrons. The highest BCUT2D eigenvalue weighted by atomic mass is 127. The number of amides is 1. The van der Waals surface area contributed by atoms with Crippen molar-refractivity contribution in [3.8, 4) is 0 Å². The SMILES string of the molecule is CN=C(NCc1ccc(C(=O)NC)cc1)N1CCC(c2ccccc2)C1.I. The van der Waals surface area contributed by atoms with Crippen molar-refractivity contribution in [3.63, 3.8) is 0 Å². The smallest absolute Gasteiger partial charge is 0.251 e. The van der Waals surface area contributed by atoms with Crippen LogP contribution in [0.1, 0.15) is 33.8 Å². The van der Waals surface area contributed by atoms with Crippen LogP contribution in [0.25, 0.3) is 0 Å². The number of nitrogens with one attached hydrogen (secondary N) is 2. The maximum atomic E-state index is 11.6. The number of hydrogen-bond donors (Lipinski definition) is 2. The van der Waals surface area contributed by atoms with Gasteiger partial charge in [-0.15, -0.1) is 24.0 Å². The number of halogens is 1. The van der Waals surface area contributed by atoms with E-state index in [2.05, 4.69) is 50.9 Å². The van der Waals surface area contributed by atoms with Gasteiger partial charge in [0.1, 0.15) is 0 Å². The number of carbonyl (C=O) groups excluding carboxylic acids is 1. The van der Waals surface area contributed by atoms with E-state index in [4.69, 9.17) is 0 Å². The Morgan fingerprint density at radius 1 is 1.15 bits per heavy atom. The number of hydrogen-bond acceptors (Lipinski definition) is 2. The third kappa shape index (κ3) is 5.45. The van der Waals surface area contributed by atoms with Crippen LogP contribution in [0.5, 0.6) is 0 Å². The molecule has 5 nitrogen and oxygen atoms in total. The van der Waals surface area contributed by atoms with Crippen LogP contribution < -0.4 is 10.6 Å². The van der Waals surface area contributed by atoms with E-state index in [1.54, 1.807) is 7.05 Å². The molecule has 1 heterocycles. The summed E-state index contributed by atoms with van der Waals surface area (Å²) in [6.07, 6.45) is 1.14. The molecule has 1 aliphatic rings. The van der Waals surface area contributed by atoms with Gasteiger partial charge in [0, 0.05) is 45.2 Å². The second kappa shape index (κ2) is 10.3. The Labute approximate surface area is 178 Å². The Morgan fingerprint density at radius 3 is 2.48 bits per heavy atom. The van der Waals surface area contributed by atoms with Crippen LogP contribution in [0.15, 0.2) is 59.6 Å². The van der Waals surface area contributed by atoms with Gasteiger partial charge in [-0.25, -0.2) is 0 Å². The summed E-state index contributed by atoms with van der Waals surface area (Å²) in [7, 11) is 3.47. The van der Waals surface area contributed by atoms with Gasteiger partial charge in [-0.3, -0.25) is 9.79 Å². The van der Waals surface area contributed by atoms with Gasteiger partial charge < -0.3 is 15.5 Å². The van der Waals surface area contributed by atoms with E-state index in [9.17, 15) is 4.79 Å². The molecule has 0 aromatic heterocycles. The van der Waals surface area contributed by atoms with Crippen molar-refractivity contribution < 1.29 is 4.79 Å². The quantitative estimate of drug-likeness (QED) is 0.403. The number of benzene rings is 2. The van der Waals surface area contributed by atoms with E-state index >= 15 is 0 Å². The number of rotatable bonds is 4. The largest absolute Gasteiger partial charge is 0.355 e. The number of likely N-dealkylation sites (tertiary alicyclic amines) is 1. The summed E-state index contributed by atoms with van der Waals surface area (Å²) in [5, 5.41) is 6.07. The Balaban J connectivity index is 0.00000261. The molecule has 0 saturated carbocycles. The van der Waals surface area contributed by atoms with Gasteiger partial charge in [0.2, 0.25) is 0 Å². The van der Waals surface area contributed by atoms with Gasteiger partial charge in [0.25, 0.3) is 5.91 Å². The maximum Gasteiger partial charge on any atom is 0.251 e. The van der Waals surface area contributed by atoms with E-state index in [-0.39, 0.29) is 29.9 Å². The molecule has 1 fully saturated rings. The molecule has 2 aromatic rings. The van der Waals surface area contributed by atoms with Crippen LogP contribution in [0.3, 0.4) is 0 Å². The maximum absolute atomic E-state index is 11.6. The van der Waals surface area contributed by atoms with Crippen LogP contribution in [0, 0.1) is 0 Å². The minimum absolute atomic E-state index is 0. The lowest BCUT2D eigenvalue weighted by atomic mass is 9.99. The first-order valence-corrected chi connectivity index (χ1v) is 9.03. The highest BCUT2D eigenvalue weighted by molar-refractivity contribution is 14.0. The molecule has 27 heavy (non-hydrogen) atoms. The lowest BCUT2D eigenvalue weighted by molar-refractivity contribution is 0.0963. The minimum atomic E-state index is -0.0654. The minimum Gasteiger partial charge on any atom is -0.355 e. The normalized spacial score (nSPS) is 16.6. The molecule has 1 unspecified atom stereocenters. The zero-order valence-corrected chi connectivity index (χ0v) is 18.1. The second-order valence-electron chi connectivity index (χ2n) is 6.52. The zero-order valence-electron chi connectivity index (χ0n) is 15.8. The van der Waals surface area contributed by atoms with Gasteiger partial charge in [0.15, 0.2) is 5.96 Å². The van der Waals surface area contributed by atoms with Gasteiger partial charge in [-0.2, -0.15) is 0 Å². The van der Waals surface area contributed by atoms with Crippen molar-refractivity contribution in [2.45, 2.75) is 18.9 Å². The van der Waals surface area contributed by atoms with Crippen LogP contribution in [0.4, 0.5) is 0 Å². The van der Waals surface area contributed by atoms with Crippen LogP contribution in [0.2, 0.25) is 0 Å². The molecule has 3 rings (SSSR count). The predicted molar refractivity (Wildman–Crippen MR) is 121 cm³/mol. The molecular formula is C21H27IN4O. The number of guanidine groups is 1. The molecule has 0 bridgehead atoms. The van der Waals surface area contributed by atoms with E-state index < -0.39 is 0 Å². The lowest BCUT2D eigenvalue weighted by Crippen LogP contribution is -2.39. The average Bonchev–Trinajstić information content (AvgIpc) is 3.19. The first-order valence-electron chi connectivity index (χ1n) is 9.03. The molecule has 0 spiro atoms. The van der Waals surface area contributed by atoms with Crippen molar-refractivity contribution in [1.82, 2.24) is 15.5 Å². The Morgan fingerprint density at radius 2 is 1.85 bits per heavy atom. The van der Waals surface area contributed by atoms with Crippen LogP contribution in [-0.2, 0) is 6.54 Å². The van der Waals surface area contributed by atoms with E-state index in [0.29, 0.717) is 18.0 Å². The summed E-state index contributed by atoms with van der Waals surface area (Å²) in [5.74, 6) is 1.42. The molecule has 144 valence electrons. The molecule has 6 heteroatoms. The molecule has 1 aliphatic heterocycles. The summed E-state index contributed by atoms with van der Waals surface area (Å²) in [6.45, 7) is 2.68. The molecule has 2 N–H and O–H groups in total. The standard InChI is InChI=1S/C21H26N4O.HI/c1-22-20(26)18-10-8-16(9-11-18)14-24-21(23-2)25-13-12-19(15-25)17-6-4-3-5-7-17;/h3-11,19H,12-15H2,1-2H3,(H,22,26)(H,23,24);1H. The molecule has 0 aliphatic carbocycles. The van der Waals surface area contributed by atoms with Crippen molar-refractivity contribution in [2.75, 3.05) is 27.2 Å². The topological polar surface area (TPSA) is 56.7 Å². The summed E-state index contributed by atoms with van der Waals surface area (Å²) in [5.41, 5.74) is 3.19. The highest BCUT2D eigenvalue weighted by Gasteiger charge is 2.25. The number of aliphatic imine (C=N–C) groups is 1. The Bertz CT molecular complexity index is 762. The zero-order chi connectivity index (χ0) is 18.4. The van der Waals surface area contributed by atoms with Crippen molar-refractivity contribution in [1.29, 1.82) is 0 Å². The molecule has 1 saturated heterocycles. The summed E-state index contributed by atoms with van der Waals surface area (Å²) in [4.78, 5) is 18.4. The number of nitrogens with zero attached hydrogens (tertiary/aromatic N) is 2. The summed E-state index contributed by atoms with van der Waals surface area (Å²) in [6, 6.07) is 18.3. The van der Waals surface area contributed by atoms with Crippen LogP contribution in [-0.4, -0.2) is 44.0 Å². The molecule has 1 atom stereocenters. The Kier molecular flexibility index (Phi) is 8.09. The monoisotopic (exact) mass is 478 g/mol. The van der Waals surface area contributed by atoms with E-state index in [1.807, 2.05) is 31.3 Å². The third-order valence-electron chi connectivity index (χ3n) is 4.86. The highest BCUT2D eigenvalue weighted by Crippen LogP contribution is 2.26. The fourth-order valence-corrected chi connectivity index (χ4v) is 3.38. The molecular weight excluding hydrogens is 451 g/mol. The second-order valence-corrected chi connectivity index (χ2v) is 6.52. The summed E-state index contributed by atoms with van der Waals surface area (Å²) >= 11 is 0. The first-order chi connectivity index (χ1) is 12.7. The van der Waals surface area contributed by atoms with Crippen LogP contribution >= 0.6 is 24.0 Å². The third-order valence-corrected chi connectivity index (χ3v) is 4.86. The first kappa shape index (κ1) is 21.2. The van der Waals surface area contributed by atoms with Gasteiger partial charge >= 0.3 is 0 Å². The van der Waals surface area contributed by atoms with Crippen molar-refractivity contribution in [2.24, 2.45) is 4.99 Å².